The van der Waals surface area contributed by atoms with Crippen LogP contribution in [0.15, 0.2) is 0 Å². The maximum Gasteiger partial charge on any atom is 0.211 e. The van der Waals surface area contributed by atoms with Gasteiger partial charge in [-0.2, -0.15) is 4.31 Å². The van der Waals surface area contributed by atoms with E-state index in [1.165, 1.54) is 10.6 Å². The fraction of sp³-hybridized carbons (Fsp3) is 1.00. The summed E-state index contributed by atoms with van der Waals surface area (Å²) in [5, 5.41) is 9.16. The van der Waals surface area contributed by atoms with Crippen molar-refractivity contribution in [1.29, 1.82) is 0 Å². The maximum absolute atomic E-state index is 11.2. The third-order valence-electron chi connectivity index (χ3n) is 2.32. The molecule has 0 aromatic heterocycles. The molecular weight excluding hydrogens is 204 g/mol. The van der Waals surface area contributed by atoms with Crippen LogP contribution in [0.5, 0.6) is 0 Å². The Balaban J connectivity index is 2.39. The summed E-state index contributed by atoms with van der Waals surface area (Å²) in [6.07, 6.45) is 0.886. The highest BCUT2D eigenvalue weighted by Gasteiger charge is 2.23. The zero-order valence-corrected chi connectivity index (χ0v) is 9.50. The summed E-state index contributed by atoms with van der Waals surface area (Å²) in [5.41, 5.74) is 0. The number of aliphatic hydroxyl groups is 1. The lowest BCUT2D eigenvalue weighted by Crippen LogP contribution is -2.49. The predicted octanol–water partition coefficient (Wildman–Crippen LogP) is -1.06. The Morgan fingerprint density at radius 2 is 1.79 bits per heavy atom. The molecule has 1 saturated heterocycles. The molecule has 0 aromatic rings. The minimum atomic E-state index is -3.03. The Kier molecular flexibility index (Phi) is 3.88. The number of piperazine rings is 1. The van der Waals surface area contributed by atoms with Gasteiger partial charge < -0.3 is 5.11 Å². The first-order chi connectivity index (χ1) is 6.39. The Morgan fingerprint density at radius 1 is 1.29 bits per heavy atom. The van der Waals surface area contributed by atoms with E-state index < -0.39 is 10.0 Å². The van der Waals surface area contributed by atoms with Gasteiger partial charge in [0.1, 0.15) is 0 Å². The van der Waals surface area contributed by atoms with Gasteiger partial charge in [0.15, 0.2) is 0 Å². The third-order valence-corrected chi connectivity index (χ3v) is 3.63. The van der Waals surface area contributed by atoms with E-state index in [-0.39, 0.29) is 6.10 Å². The minimum absolute atomic E-state index is 0.347. The molecule has 0 bridgehead atoms. The molecule has 1 fully saturated rings. The Morgan fingerprint density at radius 3 is 2.14 bits per heavy atom. The van der Waals surface area contributed by atoms with Crippen LogP contribution in [0.4, 0.5) is 0 Å². The summed E-state index contributed by atoms with van der Waals surface area (Å²) in [7, 11) is -3.03. The average molecular weight is 222 g/mol. The molecule has 1 rings (SSSR count). The monoisotopic (exact) mass is 222 g/mol. The number of hydrogen-bond donors (Lipinski definition) is 1. The van der Waals surface area contributed by atoms with E-state index >= 15 is 0 Å². The van der Waals surface area contributed by atoms with Gasteiger partial charge in [-0.25, -0.2) is 8.42 Å². The van der Waals surface area contributed by atoms with E-state index in [2.05, 4.69) is 4.90 Å². The molecule has 1 aliphatic rings. The van der Waals surface area contributed by atoms with Crippen molar-refractivity contribution in [1.82, 2.24) is 9.21 Å². The van der Waals surface area contributed by atoms with Crippen molar-refractivity contribution >= 4 is 10.0 Å². The quantitative estimate of drug-likeness (QED) is 0.661. The van der Waals surface area contributed by atoms with Crippen LogP contribution in [-0.2, 0) is 10.0 Å². The van der Waals surface area contributed by atoms with E-state index in [1.807, 2.05) is 0 Å². The van der Waals surface area contributed by atoms with Crippen LogP contribution < -0.4 is 0 Å². The predicted molar refractivity (Wildman–Crippen MR) is 54.5 cm³/mol. The van der Waals surface area contributed by atoms with E-state index in [0.29, 0.717) is 32.7 Å². The van der Waals surface area contributed by atoms with Crippen LogP contribution in [0, 0.1) is 0 Å². The molecule has 0 saturated carbocycles. The van der Waals surface area contributed by atoms with Gasteiger partial charge in [0.25, 0.3) is 0 Å². The number of hydrogen-bond acceptors (Lipinski definition) is 4. The standard InChI is InChI=1S/C8H18N2O3S/c1-8(11)7-9-3-5-10(6-4-9)14(2,12)13/h8,11H,3-7H2,1-2H3/t8-/m0/s1. The van der Waals surface area contributed by atoms with Crippen LogP contribution in [0.25, 0.3) is 0 Å². The second kappa shape index (κ2) is 4.57. The largest absolute Gasteiger partial charge is 0.392 e. The number of rotatable bonds is 3. The summed E-state index contributed by atoms with van der Waals surface area (Å²) in [6.45, 7) is 4.84. The second-order valence-corrected chi connectivity index (χ2v) is 5.79. The summed E-state index contributed by atoms with van der Waals surface area (Å²) in [5.74, 6) is 0. The summed E-state index contributed by atoms with van der Waals surface area (Å²) < 4.78 is 23.8. The molecule has 6 heteroatoms. The summed E-state index contributed by atoms with van der Waals surface area (Å²) >= 11 is 0. The van der Waals surface area contributed by atoms with Crippen LogP contribution >= 0.6 is 0 Å². The SMILES string of the molecule is C[C@H](O)CN1CCN(S(C)(=O)=O)CC1. The summed E-state index contributed by atoms with van der Waals surface area (Å²) in [4.78, 5) is 2.08. The lowest BCUT2D eigenvalue weighted by Gasteiger charge is -2.33. The van der Waals surface area contributed by atoms with E-state index in [9.17, 15) is 8.42 Å². The molecule has 1 N–H and O–H groups in total. The number of β-amino-alcohol motifs (C(OH)–C–C–N with tert-alkyl or cyclic N) is 1. The molecule has 84 valence electrons. The highest BCUT2D eigenvalue weighted by molar-refractivity contribution is 7.88. The summed E-state index contributed by atoms with van der Waals surface area (Å²) in [6, 6.07) is 0. The van der Waals surface area contributed by atoms with Crippen molar-refractivity contribution in [2.24, 2.45) is 0 Å². The van der Waals surface area contributed by atoms with Gasteiger partial charge in [0, 0.05) is 32.7 Å². The second-order valence-electron chi connectivity index (χ2n) is 3.81. The van der Waals surface area contributed by atoms with Crippen LogP contribution in [-0.4, -0.2) is 67.8 Å². The first-order valence-electron chi connectivity index (χ1n) is 4.75. The van der Waals surface area contributed by atoms with E-state index in [0.717, 1.165) is 0 Å². The van der Waals surface area contributed by atoms with E-state index in [4.69, 9.17) is 5.11 Å². The number of sulfonamides is 1. The van der Waals surface area contributed by atoms with Gasteiger partial charge in [0.2, 0.25) is 10.0 Å². The first-order valence-corrected chi connectivity index (χ1v) is 6.60. The molecule has 0 unspecified atom stereocenters. The molecule has 5 nitrogen and oxygen atoms in total. The topological polar surface area (TPSA) is 60.9 Å². The van der Waals surface area contributed by atoms with Gasteiger partial charge in [-0.3, -0.25) is 4.90 Å². The number of aliphatic hydroxyl groups excluding tert-OH is 1. The Bertz CT molecular complexity index is 268. The maximum atomic E-state index is 11.2. The van der Waals surface area contributed by atoms with Gasteiger partial charge in [0.05, 0.1) is 12.4 Å². The molecule has 0 aromatic carbocycles. The lowest BCUT2D eigenvalue weighted by molar-refractivity contribution is 0.103. The van der Waals surface area contributed by atoms with Crippen LogP contribution in [0.1, 0.15) is 6.92 Å². The van der Waals surface area contributed by atoms with Crippen molar-refractivity contribution in [3.05, 3.63) is 0 Å². The molecule has 1 aliphatic heterocycles. The zero-order valence-electron chi connectivity index (χ0n) is 8.68. The van der Waals surface area contributed by atoms with Crippen molar-refractivity contribution in [2.45, 2.75) is 13.0 Å². The Labute approximate surface area is 85.4 Å². The average Bonchev–Trinajstić information content (AvgIpc) is 2.02. The normalized spacial score (nSPS) is 23.6. The van der Waals surface area contributed by atoms with Crippen molar-refractivity contribution < 1.29 is 13.5 Å². The van der Waals surface area contributed by atoms with Crippen molar-refractivity contribution in [2.75, 3.05) is 39.0 Å². The van der Waals surface area contributed by atoms with Gasteiger partial charge >= 0.3 is 0 Å². The minimum Gasteiger partial charge on any atom is -0.392 e. The first kappa shape index (κ1) is 11.9. The smallest absolute Gasteiger partial charge is 0.211 e. The van der Waals surface area contributed by atoms with Gasteiger partial charge in [-0.1, -0.05) is 0 Å². The fourth-order valence-corrected chi connectivity index (χ4v) is 2.44. The molecule has 0 radical (unpaired) electrons. The lowest BCUT2D eigenvalue weighted by atomic mass is 10.3. The Hall–Kier alpha value is -0.170. The highest BCUT2D eigenvalue weighted by Crippen LogP contribution is 2.06. The molecule has 0 spiro atoms. The van der Waals surface area contributed by atoms with Crippen molar-refractivity contribution in [3.8, 4) is 0 Å². The van der Waals surface area contributed by atoms with Crippen LogP contribution in [0.3, 0.4) is 0 Å². The third kappa shape index (κ3) is 3.53. The number of nitrogens with zero attached hydrogens (tertiary/aromatic N) is 2. The molecule has 0 amide bonds. The highest BCUT2D eigenvalue weighted by atomic mass is 32.2. The van der Waals surface area contributed by atoms with Crippen molar-refractivity contribution in [3.63, 3.8) is 0 Å². The molecule has 0 aliphatic carbocycles. The molecule has 1 heterocycles. The molecule has 14 heavy (non-hydrogen) atoms. The van der Waals surface area contributed by atoms with Gasteiger partial charge in [-0.05, 0) is 6.92 Å². The van der Waals surface area contributed by atoms with Crippen LogP contribution in [0.2, 0.25) is 0 Å². The fourth-order valence-electron chi connectivity index (χ4n) is 1.62. The van der Waals surface area contributed by atoms with Gasteiger partial charge in [-0.15, -0.1) is 0 Å². The zero-order chi connectivity index (χ0) is 10.8. The molecular formula is C8H18N2O3S. The molecule has 1 atom stereocenters. The van der Waals surface area contributed by atoms with E-state index in [1.54, 1.807) is 6.92 Å².